The SMILES string of the molecule is COC(=O)c1ccc(CCC(C)=O)cc1C. The molecule has 0 aliphatic rings. The Balaban J connectivity index is 2.82. The van der Waals surface area contributed by atoms with E-state index in [1.807, 2.05) is 19.1 Å². The summed E-state index contributed by atoms with van der Waals surface area (Å²) in [4.78, 5) is 22.2. The van der Waals surface area contributed by atoms with E-state index in [0.29, 0.717) is 12.0 Å². The number of hydrogen-bond acceptors (Lipinski definition) is 3. The predicted octanol–water partition coefficient (Wildman–Crippen LogP) is 2.30. The van der Waals surface area contributed by atoms with Crippen LogP contribution in [0.5, 0.6) is 0 Å². The van der Waals surface area contributed by atoms with Crippen molar-refractivity contribution in [2.24, 2.45) is 0 Å². The molecule has 1 aromatic rings. The second-order valence-corrected chi connectivity index (χ2v) is 3.84. The van der Waals surface area contributed by atoms with Gasteiger partial charge in [0, 0.05) is 6.42 Å². The van der Waals surface area contributed by atoms with Crippen LogP contribution in [0.25, 0.3) is 0 Å². The summed E-state index contributed by atoms with van der Waals surface area (Å²) < 4.78 is 4.66. The Morgan fingerprint density at radius 1 is 1.31 bits per heavy atom. The van der Waals surface area contributed by atoms with Crippen molar-refractivity contribution in [1.82, 2.24) is 0 Å². The average molecular weight is 220 g/mol. The number of ether oxygens (including phenoxy) is 1. The van der Waals surface area contributed by atoms with Gasteiger partial charge in [0.15, 0.2) is 0 Å². The van der Waals surface area contributed by atoms with Crippen LogP contribution >= 0.6 is 0 Å². The highest BCUT2D eigenvalue weighted by molar-refractivity contribution is 5.91. The molecule has 86 valence electrons. The molecule has 1 rings (SSSR count). The highest BCUT2D eigenvalue weighted by Crippen LogP contribution is 2.13. The van der Waals surface area contributed by atoms with Crippen LogP contribution in [0.4, 0.5) is 0 Å². The van der Waals surface area contributed by atoms with Crippen LogP contribution in [0.1, 0.15) is 34.8 Å². The molecule has 0 aliphatic carbocycles. The second-order valence-electron chi connectivity index (χ2n) is 3.84. The fourth-order valence-electron chi connectivity index (χ4n) is 1.54. The number of ketones is 1. The second kappa shape index (κ2) is 5.45. The standard InChI is InChI=1S/C13H16O3/c1-9-8-11(5-4-10(2)14)6-7-12(9)13(15)16-3/h6-8H,4-5H2,1-3H3. The maximum absolute atomic E-state index is 11.3. The van der Waals surface area contributed by atoms with E-state index in [0.717, 1.165) is 17.5 Å². The number of aryl methyl sites for hydroxylation is 2. The average Bonchev–Trinajstić information content (AvgIpc) is 2.25. The lowest BCUT2D eigenvalue weighted by molar-refractivity contribution is -0.116. The Morgan fingerprint density at radius 3 is 2.50 bits per heavy atom. The molecule has 0 saturated carbocycles. The van der Waals surface area contributed by atoms with Gasteiger partial charge in [-0.2, -0.15) is 0 Å². The summed E-state index contributed by atoms with van der Waals surface area (Å²) in [6, 6.07) is 5.54. The molecule has 0 heterocycles. The number of methoxy groups -OCH3 is 1. The molecule has 1 aromatic carbocycles. The number of carbonyl (C=O) groups excluding carboxylic acids is 2. The molecule has 0 fully saturated rings. The van der Waals surface area contributed by atoms with Crippen LogP contribution in [0.15, 0.2) is 18.2 Å². The zero-order chi connectivity index (χ0) is 12.1. The van der Waals surface area contributed by atoms with Crippen LogP contribution in [0.3, 0.4) is 0 Å². The molecule has 0 saturated heterocycles. The Hall–Kier alpha value is -1.64. The van der Waals surface area contributed by atoms with Crippen molar-refractivity contribution in [1.29, 1.82) is 0 Å². The van der Waals surface area contributed by atoms with Gasteiger partial charge in [-0.05, 0) is 37.5 Å². The van der Waals surface area contributed by atoms with Gasteiger partial charge in [0.2, 0.25) is 0 Å². The van der Waals surface area contributed by atoms with Crippen molar-refractivity contribution in [2.45, 2.75) is 26.7 Å². The van der Waals surface area contributed by atoms with Gasteiger partial charge in [0.1, 0.15) is 5.78 Å². The summed E-state index contributed by atoms with van der Waals surface area (Å²) in [6.07, 6.45) is 1.26. The Morgan fingerprint density at radius 2 is 2.00 bits per heavy atom. The van der Waals surface area contributed by atoms with Gasteiger partial charge in [-0.25, -0.2) is 4.79 Å². The van der Waals surface area contributed by atoms with Gasteiger partial charge in [-0.3, -0.25) is 0 Å². The molecule has 0 spiro atoms. The Labute approximate surface area is 95.4 Å². The molecular weight excluding hydrogens is 204 g/mol. The van der Waals surface area contributed by atoms with E-state index in [9.17, 15) is 9.59 Å². The van der Waals surface area contributed by atoms with Gasteiger partial charge in [-0.15, -0.1) is 0 Å². The number of Topliss-reactive ketones (excluding diaryl/α,β-unsaturated/α-hetero) is 1. The van der Waals surface area contributed by atoms with Crippen LogP contribution in [0, 0.1) is 6.92 Å². The van der Waals surface area contributed by atoms with Gasteiger partial charge < -0.3 is 9.53 Å². The lowest BCUT2D eigenvalue weighted by atomic mass is 10.0. The minimum Gasteiger partial charge on any atom is -0.465 e. The monoisotopic (exact) mass is 220 g/mol. The molecule has 0 aliphatic heterocycles. The lowest BCUT2D eigenvalue weighted by Gasteiger charge is -2.06. The molecule has 0 aromatic heterocycles. The van der Waals surface area contributed by atoms with E-state index in [1.54, 1.807) is 13.0 Å². The molecule has 0 atom stereocenters. The maximum atomic E-state index is 11.3. The zero-order valence-corrected chi connectivity index (χ0v) is 9.87. The molecule has 0 bridgehead atoms. The number of rotatable bonds is 4. The third-order valence-electron chi connectivity index (χ3n) is 2.46. The topological polar surface area (TPSA) is 43.4 Å². The highest BCUT2D eigenvalue weighted by Gasteiger charge is 2.09. The fraction of sp³-hybridized carbons (Fsp3) is 0.385. The van der Waals surface area contributed by atoms with Gasteiger partial charge in [0.05, 0.1) is 12.7 Å². The fourth-order valence-corrected chi connectivity index (χ4v) is 1.54. The number of carbonyl (C=O) groups is 2. The van der Waals surface area contributed by atoms with E-state index < -0.39 is 0 Å². The lowest BCUT2D eigenvalue weighted by Crippen LogP contribution is -2.04. The molecule has 3 nitrogen and oxygen atoms in total. The minimum atomic E-state index is -0.324. The van der Waals surface area contributed by atoms with Gasteiger partial charge in [-0.1, -0.05) is 12.1 Å². The molecule has 0 amide bonds. The smallest absolute Gasteiger partial charge is 0.338 e. The highest BCUT2D eigenvalue weighted by atomic mass is 16.5. The van der Waals surface area contributed by atoms with Crippen LogP contribution in [-0.4, -0.2) is 18.9 Å². The van der Waals surface area contributed by atoms with Crippen molar-refractivity contribution in [3.8, 4) is 0 Å². The maximum Gasteiger partial charge on any atom is 0.338 e. The van der Waals surface area contributed by atoms with E-state index in [1.165, 1.54) is 7.11 Å². The first kappa shape index (κ1) is 12.4. The van der Waals surface area contributed by atoms with Crippen LogP contribution in [-0.2, 0) is 16.0 Å². The molecular formula is C13H16O3. The van der Waals surface area contributed by atoms with E-state index in [-0.39, 0.29) is 11.8 Å². The number of benzene rings is 1. The third kappa shape index (κ3) is 3.19. The van der Waals surface area contributed by atoms with E-state index in [2.05, 4.69) is 4.74 Å². The van der Waals surface area contributed by atoms with Crippen LogP contribution < -0.4 is 0 Å². The normalized spacial score (nSPS) is 9.94. The Bertz CT molecular complexity index is 408. The van der Waals surface area contributed by atoms with Crippen molar-refractivity contribution < 1.29 is 14.3 Å². The summed E-state index contributed by atoms with van der Waals surface area (Å²) in [6.45, 7) is 3.44. The molecule has 16 heavy (non-hydrogen) atoms. The van der Waals surface area contributed by atoms with Crippen molar-refractivity contribution in [2.75, 3.05) is 7.11 Å². The number of hydrogen-bond donors (Lipinski definition) is 0. The third-order valence-corrected chi connectivity index (χ3v) is 2.46. The quantitative estimate of drug-likeness (QED) is 0.731. The summed E-state index contributed by atoms with van der Waals surface area (Å²) >= 11 is 0. The van der Waals surface area contributed by atoms with E-state index >= 15 is 0 Å². The summed E-state index contributed by atoms with van der Waals surface area (Å²) in [5, 5.41) is 0. The zero-order valence-electron chi connectivity index (χ0n) is 9.87. The van der Waals surface area contributed by atoms with Crippen molar-refractivity contribution >= 4 is 11.8 Å². The first-order chi connectivity index (χ1) is 7.54. The summed E-state index contributed by atoms with van der Waals surface area (Å²) in [5.41, 5.74) is 2.53. The first-order valence-corrected chi connectivity index (χ1v) is 5.22. The van der Waals surface area contributed by atoms with Gasteiger partial charge >= 0.3 is 5.97 Å². The van der Waals surface area contributed by atoms with E-state index in [4.69, 9.17) is 0 Å². The first-order valence-electron chi connectivity index (χ1n) is 5.22. The van der Waals surface area contributed by atoms with Crippen LogP contribution in [0.2, 0.25) is 0 Å². The molecule has 0 radical (unpaired) electrons. The Kier molecular flexibility index (Phi) is 4.23. The summed E-state index contributed by atoms with van der Waals surface area (Å²) in [5.74, 6) is -0.148. The van der Waals surface area contributed by atoms with Crippen molar-refractivity contribution in [3.63, 3.8) is 0 Å². The predicted molar refractivity (Wildman–Crippen MR) is 61.5 cm³/mol. The molecule has 3 heteroatoms. The molecule has 0 N–H and O–H groups in total. The summed E-state index contributed by atoms with van der Waals surface area (Å²) in [7, 11) is 1.37. The largest absolute Gasteiger partial charge is 0.465 e. The van der Waals surface area contributed by atoms with Gasteiger partial charge in [0.25, 0.3) is 0 Å². The molecule has 0 unspecified atom stereocenters. The minimum absolute atomic E-state index is 0.176. The van der Waals surface area contributed by atoms with Crippen molar-refractivity contribution in [3.05, 3.63) is 34.9 Å². The number of esters is 1.